The summed E-state index contributed by atoms with van der Waals surface area (Å²) in [5.74, 6) is 11.5. The van der Waals surface area contributed by atoms with Gasteiger partial charge in [-0.15, -0.1) is 25.9 Å². The number of aryl methyl sites for hydroxylation is 2. The molecule has 0 spiro atoms. The van der Waals surface area contributed by atoms with Crippen molar-refractivity contribution in [2.75, 3.05) is 66.1 Å². The fourth-order valence-electron chi connectivity index (χ4n) is 9.50. The van der Waals surface area contributed by atoms with E-state index in [4.69, 9.17) is 17.3 Å². The number of H-pyrrole nitrogens is 1. The van der Waals surface area contributed by atoms with Crippen molar-refractivity contribution in [3.05, 3.63) is 159 Å². The van der Waals surface area contributed by atoms with Crippen LogP contribution in [0, 0.1) is 25.3 Å². The number of nitrogens with two attached hydrogens (primary N) is 3. The standard InChI is InChI=1S/C9H12BrN3Si.C9H11N5O3S.C9H9N5O2S.C8H11N5O2S.C8H7N5.C7H6BrN3O2S.C7H9N5O2S.C4H3Br2N3/c1-14(2,3)5-4-7-9(11)12-6-8(10)13-7;1-6(15)12-13-8-5-10-9-7(11-8)3-4-14(9)18(2,16)17;1-6-11-12-8-5-10-9-7(14(6)8)3-4-13(9)17(2,15)16;1-9-12-7-5-10-8-6(11-7)3-4-13(8)16(2,14)15;1-5-11-12-7-4-10-8-6(13(5)7)2-3-9-8;1-14(12,13)11-3-2-5-7(11)9-4-6(8)10-5;1-15(13,14)12-3-2-5-7(12)9-4-6(10-5)11-8;5-2-1-8-4(7)3(6)9-2/h6H,1-3H3,(H2,11,12);3-5H,1-2H3,(H,11,13)(H,12,15);3-5H,1-2H3;3-5,9H,1-2H3,(H,11,12);2-4,9H,1H3;2-4H,1H3;2-4H,8H2,1H3,(H,10,11);1H,(H2,7,8). The Morgan fingerprint density at radius 1 is 0.466 bits per heavy atom. The third-order valence-corrected chi connectivity index (χ3v) is 22.0. The molecule has 0 unspecified atom stereocenters. The lowest BCUT2D eigenvalue weighted by atomic mass is 10.4. The lowest BCUT2D eigenvalue weighted by Crippen LogP contribution is -2.27. The second-order valence-corrected chi connectivity index (χ2v) is 41.8. The Bertz CT molecular complexity index is 7020. The third kappa shape index (κ3) is 22.8. The molecule has 16 aromatic rings. The van der Waals surface area contributed by atoms with Gasteiger partial charge in [0.2, 0.25) is 56.0 Å². The van der Waals surface area contributed by atoms with Gasteiger partial charge in [0, 0.05) is 51.2 Å². The maximum atomic E-state index is 11.5. The predicted octanol–water partition coefficient (Wildman–Crippen LogP) is 4.76. The summed E-state index contributed by atoms with van der Waals surface area (Å²) >= 11 is 12.6. The molecule has 0 aliphatic carbocycles. The van der Waals surface area contributed by atoms with Crippen LogP contribution in [-0.4, -0.2) is 218 Å². The van der Waals surface area contributed by atoms with E-state index in [1.165, 1.54) is 75.0 Å². The molecule has 116 heavy (non-hydrogen) atoms. The van der Waals surface area contributed by atoms with Crippen LogP contribution in [0.15, 0.2) is 142 Å². The van der Waals surface area contributed by atoms with Gasteiger partial charge in [-0.05, 0) is 114 Å². The van der Waals surface area contributed by atoms with E-state index < -0.39 is 58.2 Å². The maximum absolute atomic E-state index is 11.5. The van der Waals surface area contributed by atoms with Gasteiger partial charge in [-0.2, -0.15) is 0 Å². The fourth-order valence-corrected chi connectivity index (χ4v) is 15.1. The number of hydrogen-bond acceptors (Lipinski definition) is 36. The largest absolute Gasteiger partial charge is 0.381 e. The minimum absolute atomic E-state index is 0.242. The summed E-state index contributed by atoms with van der Waals surface area (Å²) in [6.45, 7) is 11.6. The number of halogens is 4. The van der Waals surface area contributed by atoms with Gasteiger partial charge < -0.3 is 27.3 Å². The van der Waals surface area contributed by atoms with Gasteiger partial charge in [-0.3, -0.25) is 24.4 Å². The number of hydrogen-bond donors (Lipinski definition) is 9. The van der Waals surface area contributed by atoms with Crippen molar-refractivity contribution in [2.45, 2.75) is 40.4 Å². The molecule has 16 rings (SSSR count). The van der Waals surface area contributed by atoms with Gasteiger partial charge in [0.25, 0.3) is 0 Å². The van der Waals surface area contributed by atoms with Gasteiger partial charge >= 0.3 is 0 Å². The molecule has 55 heteroatoms. The van der Waals surface area contributed by atoms with Crippen molar-refractivity contribution in [3.63, 3.8) is 0 Å². The molecule has 0 aromatic carbocycles. The highest BCUT2D eigenvalue weighted by Gasteiger charge is 2.19. The molecule has 1 amide bonds. The second-order valence-electron chi connectivity index (χ2n) is 24.6. The highest BCUT2D eigenvalue weighted by atomic mass is 79.9. The smallest absolute Gasteiger partial charge is 0.237 e. The highest BCUT2D eigenvalue weighted by molar-refractivity contribution is 9.11. The summed E-state index contributed by atoms with van der Waals surface area (Å²) < 4.78 is 126. The number of carbonyl (C=O) groups excluding carboxylic acids is 1. The summed E-state index contributed by atoms with van der Waals surface area (Å²) in [5.41, 5.74) is 34.9. The van der Waals surface area contributed by atoms with Crippen molar-refractivity contribution in [1.82, 2.24) is 135 Å². The number of aromatic amines is 1. The molecular formula is C61H68Br4N34O11S5Si. The monoisotopic (exact) mass is 1960 g/mol. The van der Waals surface area contributed by atoms with Crippen LogP contribution in [0.2, 0.25) is 19.6 Å². The van der Waals surface area contributed by atoms with Crippen LogP contribution in [0.1, 0.15) is 24.3 Å². The number of carbonyl (C=O) groups is 1. The number of hydrazine groups is 3. The van der Waals surface area contributed by atoms with E-state index in [0.717, 1.165) is 73.8 Å². The second kappa shape index (κ2) is 36.6. The van der Waals surface area contributed by atoms with E-state index in [9.17, 15) is 46.9 Å². The first-order valence-electron chi connectivity index (χ1n) is 32.4. The van der Waals surface area contributed by atoms with Crippen LogP contribution < -0.4 is 44.4 Å². The van der Waals surface area contributed by atoms with Crippen LogP contribution in [-0.2, 0) is 54.9 Å². The minimum atomic E-state index is -3.40. The molecular weight excluding hydrogens is 1890 g/mol. The lowest BCUT2D eigenvalue weighted by Gasteiger charge is -2.05. The Morgan fingerprint density at radius 3 is 1.30 bits per heavy atom. The summed E-state index contributed by atoms with van der Waals surface area (Å²) in [6.07, 6.45) is 26.5. The first-order chi connectivity index (χ1) is 54.3. The maximum Gasteiger partial charge on any atom is 0.237 e. The Hall–Kier alpha value is -11.3. The van der Waals surface area contributed by atoms with Crippen LogP contribution in [0.5, 0.6) is 0 Å². The van der Waals surface area contributed by atoms with Crippen LogP contribution in [0.25, 0.3) is 78.3 Å². The van der Waals surface area contributed by atoms with Gasteiger partial charge in [0.15, 0.2) is 80.0 Å². The van der Waals surface area contributed by atoms with Crippen molar-refractivity contribution < 1.29 is 46.9 Å². The number of nitrogens with one attached hydrogen (secondary N) is 6. The molecule has 16 aromatic heterocycles. The Labute approximate surface area is 693 Å². The molecule has 0 saturated heterocycles. The topological polar surface area (TPSA) is 607 Å². The molecule has 0 radical (unpaired) electrons. The third-order valence-electron chi connectivity index (χ3n) is 14.3. The van der Waals surface area contributed by atoms with E-state index in [0.29, 0.717) is 109 Å². The van der Waals surface area contributed by atoms with Crippen LogP contribution in [0.4, 0.5) is 29.1 Å². The molecule has 12 N–H and O–H groups in total. The molecule has 0 bridgehead atoms. The molecule has 0 aliphatic heterocycles. The normalized spacial score (nSPS) is 11.6. The number of fused-ring (bicyclic) bond motifs is 10. The van der Waals surface area contributed by atoms with Gasteiger partial charge in [-0.1, -0.05) is 25.6 Å². The van der Waals surface area contributed by atoms with Crippen molar-refractivity contribution in [2.24, 2.45) is 5.84 Å². The Kier molecular flexibility index (Phi) is 28.0. The number of anilines is 5. The summed E-state index contributed by atoms with van der Waals surface area (Å²) in [4.78, 5) is 70.3. The van der Waals surface area contributed by atoms with Crippen molar-refractivity contribution in [3.8, 4) is 11.5 Å². The van der Waals surface area contributed by atoms with E-state index in [1.807, 2.05) is 23.6 Å². The van der Waals surface area contributed by atoms with Gasteiger partial charge in [-0.25, -0.2) is 143 Å². The van der Waals surface area contributed by atoms with E-state index in [1.54, 1.807) is 61.2 Å². The quantitative estimate of drug-likeness (QED) is 0.0386. The molecule has 610 valence electrons. The predicted molar refractivity (Wildman–Crippen MR) is 452 cm³/mol. The van der Waals surface area contributed by atoms with Gasteiger partial charge in [0.1, 0.15) is 60.2 Å². The molecule has 45 nitrogen and oxygen atoms in total. The van der Waals surface area contributed by atoms with E-state index in [-0.39, 0.29) is 17.2 Å². The number of aromatic nitrogens is 26. The fraction of sp³-hybridized carbons (Fsp3) is 0.197. The number of nitrogens with zero attached hydrogens (tertiary/aromatic N) is 25. The van der Waals surface area contributed by atoms with Gasteiger partial charge in [0.05, 0.1) is 91.9 Å². The SMILES string of the molecule is CC(=O)NNc1cnc2c(ccn2S(C)(=O)=O)n1.CNNc1cnc2c(ccn2S(C)(=O)=O)n1.CS(=O)(=O)n1ccc2nc(Br)cnc21.CS(=O)(=O)n1ccc2nc(NN)cnc21.C[Si](C)(C)C#Cc1nc(Br)cnc1N.Cc1nnc2cnc3[nH]ccc3n12.Cc1nnc2cnc3c(ccn3S(C)(=O)=O)n12.Nc1ncc(Br)nc1Br. The number of amides is 1. The summed E-state index contributed by atoms with van der Waals surface area (Å²) in [6, 6.07) is 9.95. The summed E-state index contributed by atoms with van der Waals surface area (Å²) in [5, 5.41) is 15.8. The zero-order valence-corrected chi connectivity index (χ0v) is 73.9. The molecule has 0 fully saturated rings. The van der Waals surface area contributed by atoms with Crippen LogP contribution in [0.3, 0.4) is 0 Å². The first kappa shape index (κ1) is 88.6. The first-order valence-corrected chi connectivity index (χ1v) is 48.3. The lowest BCUT2D eigenvalue weighted by molar-refractivity contribution is -0.118. The minimum Gasteiger partial charge on any atom is -0.381 e. The zero-order chi connectivity index (χ0) is 85.2. The molecule has 0 atom stereocenters. The molecule has 16 heterocycles. The Balaban J connectivity index is 0.000000152. The number of nitrogen functional groups attached to an aromatic ring is 3. The van der Waals surface area contributed by atoms with Crippen molar-refractivity contribution in [1.29, 1.82) is 0 Å². The zero-order valence-electron chi connectivity index (χ0n) is 62.5. The average Bonchev–Trinajstić information content (AvgIpc) is 1.60. The van der Waals surface area contributed by atoms with E-state index in [2.05, 4.69) is 217 Å². The molecule has 0 aliphatic rings. The molecule has 0 saturated carbocycles. The van der Waals surface area contributed by atoms with Crippen molar-refractivity contribution >= 4 is 235 Å². The average molecular weight is 1960 g/mol. The van der Waals surface area contributed by atoms with Crippen LogP contribution >= 0.6 is 63.7 Å². The Morgan fingerprint density at radius 2 is 0.853 bits per heavy atom. The van der Waals surface area contributed by atoms with E-state index >= 15 is 0 Å². The number of rotatable bonds is 10. The highest BCUT2D eigenvalue weighted by Crippen LogP contribution is 2.22. The summed E-state index contributed by atoms with van der Waals surface area (Å²) in [7, 11) is -16.4.